The maximum atomic E-state index is 12.2. The van der Waals surface area contributed by atoms with Crippen molar-refractivity contribution in [2.45, 2.75) is 11.1 Å². The Kier molecular flexibility index (Phi) is 5.59. The highest BCUT2D eigenvalue weighted by molar-refractivity contribution is 14.1. The minimum atomic E-state index is -3.61. The minimum absolute atomic E-state index is 0.229. The zero-order valence-electron chi connectivity index (χ0n) is 12.0. The maximum Gasteiger partial charge on any atom is 0.252 e. The second-order valence-corrected chi connectivity index (χ2v) is 9.09. The summed E-state index contributed by atoms with van der Waals surface area (Å²) < 4.78 is 26.8. The van der Waals surface area contributed by atoms with Crippen LogP contribution in [0.4, 0.5) is 5.69 Å². The predicted octanol–water partition coefficient (Wildman–Crippen LogP) is 2.92. The Morgan fingerprint density at radius 2 is 2.09 bits per heavy atom. The zero-order valence-corrected chi connectivity index (χ0v) is 15.8. The summed E-state index contributed by atoms with van der Waals surface area (Å²) in [7, 11) is -2.21. The Labute approximate surface area is 147 Å². The fourth-order valence-corrected chi connectivity index (χ4v) is 4.57. The fraction of sp³-hybridized carbons (Fsp3) is 0.214. The third kappa shape index (κ3) is 4.06. The van der Waals surface area contributed by atoms with E-state index in [1.165, 1.54) is 13.1 Å². The Bertz CT molecular complexity index is 773. The van der Waals surface area contributed by atoms with E-state index in [0.29, 0.717) is 5.69 Å². The monoisotopic (exact) mass is 450 g/mol. The number of rotatable bonds is 5. The highest BCUT2D eigenvalue weighted by atomic mass is 127. The molecule has 0 spiro atoms. The van der Waals surface area contributed by atoms with Crippen molar-refractivity contribution in [1.82, 2.24) is 4.31 Å². The predicted molar refractivity (Wildman–Crippen MR) is 96.7 cm³/mol. The topological polar surface area (TPSA) is 66.5 Å². The molecule has 0 aliphatic carbocycles. The molecular weight excluding hydrogens is 435 g/mol. The molecule has 1 N–H and O–H groups in total. The van der Waals surface area contributed by atoms with Gasteiger partial charge in [-0.15, -0.1) is 11.3 Å². The first-order valence-electron chi connectivity index (χ1n) is 6.36. The molecule has 0 fully saturated rings. The molecule has 0 saturated carbocycles. The van der Waals surface area contributed by atoms with Gasteiger partial charge in [0, 0.05) is 16.3 Å². The van der Waals surface area contributed by atoms with Gasteiger partial charge >= 0.3 is 0 Å². The number of nitrogens with one attached hydrogen (secondary N) is 1. The van der Waals surface area contributed by atoms with Crippen LogP contribution in [-0.2, 0) is 14.8 Å². The van der Waals surface area contributed by atoms with Gasteiger partial charge in [0.2, 0.25) is 5.91 Å². The summed E-state index contributed by atoms with van der Waals surface area (Å²) in [6, 6.07) is 8.74. The van der Waals surface area contributed by atoms with Crippen LogP contribution in [0, 0.1) is 10.5 Å². The first-order valence-corrected chi connectivity index (χ1v) is 9.76. The standard InChI is InChI=1S/C14H15IN2O3S2/c1-10-5-6-11(8-12(10)15)16-13(18)9-17(2)22(19,20)14-4-3-7-21-14/h3-8H,9H2,1-2H3,(H,16,18). The lowest BCUT2D eigenvalue weighted by Crippen LogP contribution is -2.34. The molecule has 8 heteroatoms. The summed E-state index contributed by atoms with van der Waals surface area (Å²) in [4.78, 5) is 12.0. The maximum absolute atomic E-state index is 12.2. The molecule has 22 heavy (non-hydrogen) atoms. The third-order valence-corrected chi connectivity index (χ3v) is 7.32. The van der Waals surface area contributed by atoms with Crippen LogP contribution in [0.25, 0.3) is 0 Å². The summed E-state index contributed by atoms with van der Waals surface area (Å²) in [6.45, 7) is 1.75. The number of carbonyl (C=O) groups excluding carboxylic acids is 1. The smallest absolute Gasteiger partial charge is 0.252 e. The molecule has 1 amide bonds. The van der Waals surface area contributed by atoms with Crippen molar-refractivity contribution in [3.8, 4) is 0 Å². The normalized spacial score (nSPS) is 11.6. The van der Waals surface area contributed by atoms with Crippen LogP contribution in [0.2, 0.25) is 0 Å². The van der Waals surface area contributed by atoms with Crippen LogP contribution in [-0.4, -0.2) is 32.2 Å². The third-order valence-electron chi connectivity index (χ3n) is 2.98. The summed E-state index contributed by atoms with van der Waals surface area (Å²) >= 11 is 3.32. The van der Waals surface area contributed by atoms with E-state index in [-0.39, 0.29) is 16.7 Å². The SMILES string of the molecule is Cc1ccc(NC(=O)CN(C)S(=O)(=O)c2cccs2)cc1I. The van der Waals surface area contributed by atoms with Crippen LogP contribution >= 0.6 is 33.9 Å². The fourth-order valence-electron chi connectivity index (χ4n) is 1.72. The lowest BCUT2D eigenvalue weighted by molar-refractivity contribution is -0.116. The van der Waals surface area contributed by atoms with E-state index in [0.717, 1.165) is 24.8 Å². The molecular formula is C14H15IN2O3S2. The number of benzene rings is 1. The summed E-state index contributed by atoms with van der Waals surface area (Å²) in [6.07, 6.45) is 0. The van der Waals surface area contributed by atoms with Crippen molar-refractivity contribution in [2.75, 3.05) is 18.9 Å². The van der Waals surface area contributed by atoms with E-state index in [1.807, 2.05) is 19.1 Å². The minimum Gasteiger partial charge on any atom is -0.325 e. The van der Waals surface area contributed by atoms with Crippen molar-refractivity contribution in [3.63, 3.8) is 0 Å². The second kappa shape index (κ2) is 7.07. The average Bonchev–Trinajstić information content (AvgIpc) is 2.97. The first-order chi connectivity index (χ1) is 10.3. The Hall–Kier alpha value is -0.970. The molecule has 1 aromatic heterocycles. The average molecular weight is 450 g/mol. The molecule has 0 radical (unpaired) electrons. The van der Waals surface area contributed by atoms with Crippen LogP contribution < -0.4 is 5.32 Å². The highest BCUT2D eigenvalue weighted by Crippen LogP contribution is 2.20. The summed E-state index contributed by atoms with van der Waals surface area (Å²) in [5.74, 6) is -0.373. The number of nitrogens with zero attached hydrogens (tertiary/aromatic N) is 1. The Balaban J connectivity index is 2.04. The molecule has 0 aliphatic heterocycles. The Morgan fingerprint density at radius 1 is 1.36 bits per heavy atom. The number of aryl methyl sites for hydroxylation is 1. The van der Waals surface area contributed by atoms with E-state index in [2.05, 4.69) is 27.9 Å². The van der Waals surface area contributed by atoms with Gasteiger partial charge in [0.15, 0.2) is 0 Å². The summed E-state index contributed by atoms with van der Waals surface area (Å²) in [5, 5.41) is 4.40. The molecule has 1 heterocycles. The van der Waals surface area contributed by atoms with E-state index >= 15 is 0 Å². The van der Waals surface area contributed by atoms with E-state index in [9.17, 15) is 13.2 Å². The molecule has 0 bridgehead atoms. The molecule has 1 aromatic carbocycles. The molecule has 0 saturated heterocycles. The molecule has 0 unspecified atom stereocenters. The van der Waals surface area contributed by atoms with Crippen molar-refractivity contribution in [1.29, 1.82) is 0 Å². The van der Waals surface area contributed by atoms with E-state index in [4.69, 9.17) is 0 Å². The molecule has 2 aromatic rings. The van der Waals surface area contributed by atoms with Crippen LogP contribution in [0.3, 0.4) is 0 Å². The zero-order chi connectivity index (χ0) is 16.3. The van der Waals surface area contributed by atoms with Crippen molar-refractivity contribution >= 4 is 55.5 Å². The number of thiophene rings is 1. The molecule has 2 rings (SSSR count). The van der Waals surface area contributed by atoms with Gasteiger partial charge in [0.05, 0.1) is 6.54 Å². The molecule has 0 atom stereocenters. The van der Waals surface area contributed by atoms with Crippen molar-refractivity contribution in [2.24, 2.45) is 0 Å². The van der Waals surface area contributed by atoms with Gasteiger partial charge < -0.3 is 5.32 Å². The van der Waals surface area contributed by atoms with Gasteiger partial charge in [0.1, 0.15) is 4.21 Å². The number of anilines is 1. The number of halogens is 1. The number of hydrogen-bond acceptors (Lipinski definition) is 4. The van der Waals surface area contributed by atoms with Crippen LogP contribution in [0.5, 0.6) is 0 Å². The van der Waals surface area contributed by atoms with Crippen molar-refractivity contribution in [3.05, 3.63) is 44.8 Å². The van der Waals surface area contributed by atoms with Gasteiger partial charge in [-0.2, -0.15) is 4.31 Å². The number of hydrogen-bond donors (Lipinski definition) is 1. The largest absolute Gasteiger partial charge is 0.325 e. The van der Waals surface area contributed by atoms with Gasteiger partial charge in [-0.1, -0.05) is 12.1 Å². The van der Waals surface area contributed by atoms with Gasteiger partial charge in [-0.25, -0.2) is 8.42 Å². The molecule has 5 nitrogen and oxygen atoms in total. The van der Waals surface area contributed by atoms with Crippen LogP contribution in [0.1, 0.15) is 5.56 Å². The van der Waals surface area contributed by atoms with E-state index < -0.39 is 10.0 Å². The number of likely N-dealkylation sites (N-methyl/N-ethyl adjacent to an activating group) is 1. The van der Waals surface area contributed by atoms with Gasteiger partial charge in [0.25, 0.3) is 10.0 Å². The molecule has 118 valence electrons. The Morgan fingerprint density at radius 3 is 2.68 bits per heavy atom. The number of carbonyl (C=O) groups is 1. The second-order valence-electron chi connectivity index (χ2n) is 4.71. The van der Waals surface area contributed by atoms with E-state index in [1.54, 1.807) is 17.5 Å². The summed E-state index contributed by atoms with van der Waals surface area (Å²) in [5.41, 5.74) is 1.78. The molecule has 0 aliphatic rings. The lowest BCUT2D eigenvalue weighted by Gasteiger charge is -2.16. The number of sulfonamides is 1. The van der Waals surface area contributed by atoms with Gasteiger partial charge in [-0.05, 0) is 58.7 Å². The lowest BCUT2D eigenvalue weighted by atomic mass is 10.2. The first kappa shape index (κ1) is 17.4. The van der Waals surface area contributed by atoms with Crippen LogP contribution in [0.15, 0.2) is 39.9 Å². The number of amides is 1. The van der Waals surface area contributed by atoms with Gasteiger partial charge in [-0.3, -0.25) is 4.79 Å². The quantitative estimate of drug-likeness (QED) is 0.713. The van der Waals surface area contributed by atoms with Crippen molar-refractivity contribution < 1.29 is 13.2 Å². The highest BCUT2D eigenvalue weighted by Gasteiger charge is 2.23.